The molecule has 2 heterocycles. The summed E-state index contributed by atoms with van der Waals surface area (Å²) >= 11 is 0. The van der Waals surface area contributed by atoms with Crippen LogP contribution in [0.4, 0.5) is 0 Å². The predicted octanol–water partition coefficient (Wildman–Crippen LogP) is 4.89. The Labute approximate surface area is 166 Å². The van der Waals surface area contributed by atoms with Crippen molar-refractivity contribution in [2.24, 2.45) is 5.92 Å². The number of rotatable bonds is 6. The molecular formula is C23H28N4O. The van der Waals surface area contributed by atoms with Crippen molar-refractivity contribution >= 4 is 16.8 Å². The van der Waals surface area contributed by atoms with E-state index in [9.17, 15) is 4.79 Å². The monoisotopic (exact) mass is 376 g/mol. The maximum Gasteiger partial charge on any atom is 0.268 e. The molecule has 1 aliphatic carbocycles. The normalized spacial score (nSPS) is 16.2. The standard InChI is InChI=1S/C23H28N4O/c1-2-27-20-12-7-6-11-18(20)16-21(27)23(28)26-19(22-24-13-8-14-25-22)15-17-9-4-3-5-10-17/h6-8,11-14,16-17,19H,2-5,9-10,15H2,1H3,(H,26,28). The van der Waals surface area contributed by atoms with Crippen molar-refractivity contribution in [1.82, 2.24) is 19.9 Å². The average molecular weight is 377 g/mol. The number of para-hydroxylation sites is 1. The van der Waals surface area contributed by atoms with Crippen LogP contribution in [-0.4, -0.2) is 20.4 Å². The molecule has 1 fully saturated rings. The lowest BCUT2D eigenvalue weighted by Gasteiger charge is -2.26. The lowest BCUT2D eigenvalue weighted by Crippen LogP contribution is -2.33. The molecule has 3 aromatic rings. The van der Waals surface area contributed by atoms with Crippen LogP contribution in [0, 0.1) is 5.92 Å². The molecule has 4 rings (SSSR count). The van der Waals surface area contributed by atoms with Gasteiger partial charge in [-0.15, -0.1) is 0 Å². The number of fused-ring (bicyclic) bond motifs is 1. The number of amides is 1. The van der Waals surface area contributed by atoms with E-state index in [4.69, 9.17) is 0 Å². The van der Waals surface area contributed by atoms with E-state index in [0.29, 0.717) is 17.4 Å². The van der Waals surface area contributed by atoms with Crippen LogP contribution in [0.5, 0.6) is 0 Å². The minimum atomic E-state index is -0.153. The maximum absolute atomic E-state index is 13.2. The van der Waals surface area contributed by atoms with E-state index in [2.05, 4.69) is 38.9 Å². The summed E-state index contributed by atoms with van der Waals surface area (Å²) in [6, 6.07) is 11.8. The number of aryl methyl sites for hydroxylation is 1. The number of nitrogens with one attached hydrogen (secondary N) is 1. The Kier molecular flexibility index (Phi) is 5.70. The maximum atomic E-state index is 13.2. The van der Waals surface area contributed by atoms with Gasteiger partial charge in [-0.05, 0) is 37.5 Å². The van der Waals surface area contributed by atoms with E-state index < -0.39 is 0 Å². The van der Waals surface area contributed by atoms with Crippen molar-refractivity contribution < 1.29 is 4.79 Å². The van der Waals surface area contributed by atoms with Gasteiger partial charge in [-0.25, -0.2) is 9.97 Å². The molecule has 28 heavy (non-hydrogen) atoms. The summed E-state index contributed by atoms with van der Waals surface area (Å²) in [7, 11) is 0. The van der Waals surface area contributed by atoms with Gasteiger partial charge in [0.2, 0.25) is 0 Å². The molecule has 0 aliphatic heterocycles. The van der Waals surface area contributed by atoms with Gasteiger partial charge in [0.15, 0.2) is 0 Å². The summed E-state index contributed by atoms with van der Waals surface area (Å²) in [5.41, 5.74) is 1.79. The second kappa shape index (κ2) is 8.55. The first-order valence-corrected chi connectivity index (χ1v) is 10.4. The fourth-order valence-electron chi connectivity index (χ4n) is 4.45. The van der Waals surface area contributed by atoms with Gasteiger partial charge in [0.05, 0.1) is 6.04 Å². The molecule has 5 nitrogen and oxygen atoms in total. The molecule has 0 saturated heterocycles. The number of hydrogen-bond donors (Lipinski definition) is 1. The smallest absolute Gasteiger partial charge is 0.268 e. The van der Waals surface area contributed by atoms with Gasteiger partial charge < -0.3 is 9.88 Å². The zero-order valence-electron chi connectivity index (χ0n) is 16.5. The molecule has 146 valence electrons. The summed E-state index contributed by atoms with van der Waals surface area (Å²) in [4.78, 5) is 22.1. The Morgan fingerprint density at radius 1 is 1.14 bits per heavy atom. The van der Waals surface area contributed by atoms with Crippen molar-refractivity contribution in [2.75, 3.05) is 0 Å². The Hall–Kier alpha value is -2.69. The highest BCUT2D eigenvalue weighted by Crippen LogP contribution is 2.31. The largest absolute Gasteiger partial charge is 0.341 e. The molecule has 0 bridgehead atoms. The zero-order chi connectivity index (χ0) is 19.3. The van der Waals surface area contributed by atoms with Gasteiger partial charge in [0.25, 0.3) is 5.91 Å². The number of aromatic nitrogens is 3. The molecule has 1 saturated carbocycles. The second-order valence-electron chi connectivity index (χ2n) is 7.71. The van der Waals surface area contributed by atoms with Crippen LogP contribution in [0.1, 0.15) is 67.8 Å². The molecule has 0 radical (unpaired) electrons. The molecule has 1 aromatic carbocycles. The minimum absolute atomic E-state index is 0.0497. The van der Waals surface area contributed by atoms with Crippen LogP contribution in [0.2, 0.25) is 0 Å². The Morgan fingerprint density at radius 2 is 1.89 bits per heavy atom. The number of nitrogens with zero attached hydrogens (tertiary/aromatic N) is 3. The first kappa shape index (κ1) is 18.7. The lowest BCUT2D eigenvalue weighted by molar-refractivity contribution is 0.0917. The van der Waals surface area contributed by atoms with Crippen LogP contribution < -0.4 is 5.32 Å². The minimum Gasteiger partial charge on any atom is -0.341 e. The molecule has 1 unspecified atom stereocenters. The summed E-state index contributed by atoms with van der Waals surface area (Å²) in [5.74, 6) is 1.28. The molecule has 2 aromatic heterocycles. The van der Waals surface area contributed by atoms with E-state index in [1.54, 1.807) is 12.4 Å². The quantitative estimate of drug-likeness (QED) is 0.666. The van der Waals surface area contributed by atoms with E-state index in [1.807, 2.05) is 24.3 Å². The third-order valence-electron chi connectivity index (χ3n) is 5.86. The summed E-state index contributed by atoms with van der Waals surface area (Å²) in [5, 5.41) is 4.34. The van der Waals surface area contributed by atoms with Gasteiger partial charge in [0, 0.05) is 29.8 Å². The van der Waals surface area contributed by atoms with Crippen LogP contribution in [0.15, 0.2) is 48.8 Å². The molecule has 1 N–H and O–H groups in total. The van der Waals surface area contributed by atoms with Gasteiger partial charge in [0.1, 0.15) is 11.5 Å². The van der Waals surface area contributed by atoms with Crippen molar-refractivity contribution in [3.05, 3.63) is 60.3 Å². The number of carbonyl (C=O) groups is 1. The Balaban J connectivity index is 1.60. The highest BCUT2D eigenvalue weighted by Gasteiger charge is 2.25. The zero-order valence-corrected chi connectivity index (χ0v) is 16.5. The fraction of sp³-hybridized carbons (Fsp3) is 0.435. The van der Waals surface area contributed by atoms with Crippen LogP contribution in [0.25, 0.3) is 10.9 Å². The topological polar surface area (TPSA) is 59.8 Å². The summed E-state index contributed by atoms with van der Waals surface area (Å²) in [6.45, 7) is 2.83. The van der Waals surface area contributed by atoms with Crippen LogP contribution in [0.3, 0.4) is 0 Å². The van der Waals surface area contributed by atoms with Gasteiger partial charge in [-0.2, -0.15) is 0 Å². The van der Waals surface area contributed by atoms with Crippen molar-refractivity contribution in [2.45, 2.75) is 58.0 Å². The molecule has 1 amide bonds. The van der Waals surface area contributed by atoms with Crippen molar-refractivity contribution in [1.29, 1.82) is 0 Å². The second-order valence-corrected chi connectivity index (χ2v) is 7.71. The molecule has 1 atom stereocenters. The van der Waals surface area contributed by atoms with Gasteiger partial charge in [-0.1, -0.05) is 50.3 Å². The number of benzene rings is 1. The predicted molar refractivity (Wildman–Crippen MR) is 111 cm³/mol. The third kappa shape index (κ3) is 3.93. The highest BCUT2D eigenvalue weighted by molar-refractivity contribution is 5.98. The molecule has 5 heteroatoms. The molecule has 1 aliphatic rings. The van der Waals surface area contributed by atoms with E-state index in [1.165, 1.54) is 32.1 Å². The summed E-state index contributed by atoms with van der Waals surface area (Å²) in [6.07, 6.45) is 10.8. The first-order valence-electron chi connectivity index (χ1n) is 10.4. The van der Waals surface area contributed by atoms with Gasteiger partial charge >= 0.3 is 0 Å². The average Bonchev–Trinajstić information content (AvgIpc) is 3.13. The molecule has 0 spiro atoms. The van der Waals surface area contributed by atoms with E-state index in [0.717, 1.165) is 23.9 Å². The van der Waals surface area contributed by atoms with E-state index in [-0.39, 0.29) is 11.9 Å². The van der Waals surface area contributed by atoms with Crippen molar-refractivity contribution in [3.63, 3.8) is 0 Å². The summed E-state index contributed by atoms with van der Waals surface area (Å²) < 4.78 is 2.08. The Bertz CT molecular complexity index is 928. The van der Waals surface area contributed by atoms with Crippen LogP contribution in [-0.2, 0) is 6.54 Å². The molecular weight excluding hydrogens is 348 g/mol. The van der Waals surface area contributed by atoms with Crippen molar-refractivity contribution in [3.8, 4) is 0 Å². The first-order chi connectivity index (χ1) is 13.8. The highest BCUT2D eigenvalue weighted by atomic mass is 16.2. The Morgan fingerprint density at radius 3 is 2.64 bits per heavy atom. The van der Waals surface area contributed by atoms with Crippen LogP contribution >= 0.6 is 0 Å². The van der Waals surface area contributed by atoms with E-state index >= 15 is 0 Å². The number of carbonyl (C=O) groups excluding carboxylic acids is 1. The SMILES string of the molecule is CCn1c(C(=O)NC(CC2CCCCC2)c2ncccn2)cc2ccccc21. The third-order valence-corrected chi connectivity index (χ3v) is 5.86. The number of hydrogen-bond acceptors (Lipinski definition) is 3. The van der Waals surface area contributed by atoms with Gasteiger partial charge in [-0.3, -0.25) is 4.79 Å². The fourth-order valence-corrected chi connectivity index (χ4v) is 4.45. The lowest BCUT2D eigenvalue weighted by atomic mass is 9.84.